The summed E-state index contributed by atoms with van der Waals surface area (Å²) in [4.78, 5) is 9.90. The quantitative estimate of drug-likeness (QED) is 0.157. The van der Waals surface area contributed by atoms with Crippen LogP contribution in [0.15, 0.2) is 132 Å². The topological polar surface area (TPSA) is 68.2 Å². The third kappa shape index (κ3) is 8.96. The van der Waals surface area contributed by atoms with Crippen LogP contribution in [0.3, 0.4) is 0 Å². The number of hydrogen-bond donors (Lipinski definition) is 2. The smallest absolute Gasteiger partial charge is 0.137 e. The molecule has 5 heteroatoms. The predicted octanol–water partition coefficient (Wildman–Crippen LogP) is 11.9. The third-order valence-corrected chi connectivity index (χ3v) is 9.85. The molecule has 5 rings (SSSR count). The van der Waals surface area contributed by atoms with Gasteiger partial charge < -0.3 is 11.1 Å². The molecule has 0 spiro atoms. The molecule has 3 heterocycles. The molecule has 2 aliphatic rings. The average Bonchev–Trinajstić information content (AvgIpc) is 3.27. The Morgan fingerprint density at radius 2 is 1.65 bits per heavy atom. The standard InChI is InChI=1S/C44H51N5.C2H6/c1-6-9-17-35(8-3)40(26-29-45)34(5)48-38-23-20-36(21-24-38)44(27-14-11-12-15-28-44)37-22-25-43(47-31-37)49-41(19-10-7-2)33(4)39-18-13-16-30-46-32-42(39)49;1-2/h6-10,13,17-26,29-31,48H,1-2,11-12,14-16,27-28,32,45H2,3-5H3;1-2H3/b17-9-,18-13-,19-10-,29-26-,35-8+,40-34-,46-30?;. The largest absolute Gasteiger partial charge is 0.405 e. The lowest BCUT2D eigenvalue weighted by Crippen LogP contribution is -2.27. The molecule has 0 radical (unpaired) electrons. The highest BCUT2D eigenvalue weighted by Gasteiger charge is 2.35. The molecule has 266 valence electrons. The number of nitrogens with one attached hydrogen (secondary N) is 1. The van der Waals surface area contributed by atoms with Gasteiger partial charge in [-0.2, -0.15) is 0 Å². The Morgan fingerprint density at radius 3 is 2.27 bits per heavy atom. The Balaban J connectivity index is 0.00000286. The van der Waals surface area contributed by atoms with Crippen molar-refractivity contribution in [2.75, 3.05) is 5.32 Å². The first-order valence-electron chi connectivity index (χ1n) is 18.5. The summed E-state index contributed by atoms with van der Waals surface area (Å²) in [6.07, 6.45) is 33.9. The lowest BCUT2D eigenvalue weighted by Gasteiger charge is -2.34. The highest BCUT2D eigenvalue weighted by atomic mass is 15.1. The van der Waals surface area contributed by atoms with Gasteiger partial charge in [-0.15, -0.1) is 0 Å². The number of anilines is 1. The number of aromatic nitrogens is 2. The molecule has 1 saturated carbocycles. The van der Waals surface area contributed by atoms with Gasteiger partial charge in [-0.3, -0.25) is 9.56 Å². The average molecular weight is 680 g/mol. The summed E-state index contributed by atoms with van der Waals surface area (Å²) >= 11 is 0. The van der Waals surface area contributed by atoms with E-state index in [0.29, 0.717) is 6.54 Å². The maximum Gasteiger partial charge on any atom is 0.137 e. The molecule has 1 aliphatic heterocycles. The molecule has 1 fully saturated rings. The number of benzene rings is 1. The minimum atomic E-state index is -0.0907. The maximum absolute atomic E-state index is 5.84. The van der Waals surface area contributed by atoms with Crippen molar-refractivity contribution in [1.29, 1.82) is 0 Å². The Hall–Kier alpha value is -5.16. The van der Waals surface area contributed by atoms with Crippen molar-refractivity contribution in [3.05, 3.63) is 161 Å². The first-order valence-corrected chi connectivity index (χ1v) is 18.5. The predicted molar refractivity (Wildman–Crippen MR) is 222 cm³/mol. The van der Waals surface area contributed by atoms with Gasteiger partial charge in [0.05, 0.1) is 17.9 Å². The summed E-state index contributed by atoms with van der Waals surface area (Å²) in [6, 6.07) is 13.6. The van der Waals surface area contributed by atoms with Crippen molar-refractivity contribution < 1.29 is 0 Å². The lowest BCUT2D eigenvalue weighted by atomic mass is 9.70. The number of nitrogens with two attached hydrogens (primary N) is 1. The van der Waals surface area contributed by atoms with Gasteiger partial charge >= 0.3 is 0 Å². The molecule has 0 atom stereocenters. The summed E-state index contributed by atoms with van der Waals surface area (Å²) in [6.45, 7) is 18.7. The van der Waals surface area contributed by atoms with E-state index in [0.717, 1.165) is 59.0 Å². The van der Waals surface area contributed by atoms with Crippen molar-refractivity contribution in [2.45, 2.75) is 91.5 Å². The zero-order valence-corrected chi connectivity index (χ0v) is 31.5. The van der Waals surface area contributed by atoms with Crippen LogP contribution in [0, 0.1) is 6.92 Å². The van der Waals surface area contributed by atoms with Crippen molar-refractivity contribution in [2.24, 2.45) is 10.7 Å². The second-order valence-corrected chi connectivity index (χ2v) is 12.8. The highest BCUT2D eigenvalue weighted by Crippen LogP contribution is 2.44. The van der Waals surface area contributed by atoms with E-state index in [1.807, 2.05) is 57.4 Å². The number of rotatable bonds is 11. The fraction of sp³-hybridized carbons (Fsp3) is 0.304. The fourth-order valence-corrected chi connectivity index (χ4v) is 7.34. The van der Waals surface area contributed by atoms with Crippen LogP contribution in [0.2, 0.25) is 0 Å². The molecular weight excluding hydrogens is 623 g/mol. The Kier molecular flexibility index (Phi) is 14.6. The van der Waals surface area contributed by atoms with E-state index in [1.165, 1.54) is 47.9 Å². The second-order valence-electron chi connectivity index (χ2n) is 12.8. The minimum absolute atomic E-state index is 0.0907. The van der Waals surface area contributed by atoms with E-state index >= 15 is 0 Å². The van der Waals surface area contributed by atoms with Gasteiger partial charge in [0.25, 0.3) is 0 Å². The number of nitrogens with zero attached hydrogens (tertiary/aromatic N) is 3. The SMILES string of the molecule is C=C\C=C/C(=C\C)C(/C=C\N)=C(/C)Nc1ccc(C2(c3ccc(-n4c(/C=C\C=C)c(C)c5c4CN=CC/C=C\5)nc3)CCCCCC2)cc1.CC. The second kappa shape index (κ2) is 19.3. The Labute approximate surface area is 307 Å². The van der Waals surface area contributed by atoms with Crippen LogP contribution < -0.4 is 11.1 Å². The number of aliphatic imine (C=N–C) groups is 1. The number of pyridine rings is 1. The molecule has 1 aromatic carbocycles. The summed E-state index contributed by atoms with van der Waals surface area (Å²) in [7, 11) is 0. The first kappa shape index (κ1) is 38.6. The van der Waals surface area contributed by atoms with E-state index in [4.69, 9.17) is 15.7 Å². The molecule has 0 unspecified atom stereocenters. The lowest BCUT2D eigenvalue weighted by molar-refractivity contribution is 0.444. The number of fused-ring (bicyclic) bond motifs is 1. The number of allylic oxidation sites excluding steroid dienone is 11. The summed E-state index contributed by atoms with van der Waals surface area (Å²) in [5.41, 5.74) is 17.3. The monoisotopic (exact) mass is 679 g/mol. The molecular formula is C46H57N5. The summed E-state index contributed by atoms with van der Waals surface area (Å²) in [5.74, 6) is 0.914. The van der Waals surface area contributed by atoms with E-state index < -0.39 is 0 Å². The minimum Gasteiger partial charge on any atom is -0.405 e. The fourth-order valence-electron chi connectivity index (χ4n) is 7.34. The molecule has 0 bridgehead atoms. The van der Waals surface area contributed by atoms with E-state index in [2.05, 4.69) is 104 Å². The number of hydrogen-bond acceptors (Lipinski definition) is 4. The zero-order chi connectivity index (χ0) is 36.6. The Bertz CT molecular complexity index is 1830. The molecule has 0 amide bonds. The molecule has 3 N–H and O–H groups in total. The summed E-state index contributed by atoms with van der Waals surface area (Å²) < 4.78 is 2.28. The molecule has 0 saturated heterocycles. The van der Waals surface area contributed by atoms with Crippen LogP contribution in [0.1, 0.15) is 106 Å². The summed E-state index contributed by atoms with van der Waals surface area (Å²) in [5, 5.41) is 3.62. The molecule has 3 aromatic rings. The van der Waals surface area contributed by atoms with Crippen molar-refractivity contribution in [1.82, 2.24) is 9.55 Å². The van der Waals surface area contributed by atoms with Crippen LogP contribution in [0.25, 0.3) is 18.0 Å². The van der Waals surface area contributed by atoms with Crippen LogP contribution in [-0.2, 0) is 12.0 Å². The van der Waals surface area contributed by atoms with Gasteiger partial charge in [0, 0.05) is 46.8 Å². The molecule has 5 nitrogen and oxygen atoms in total. The molecule has 2 aromatic heterocycles. The van der Waals surface area contributed by atoms with Gasteiger partial charge in [0.15, 0.2) is 0 Å². The van der Waals surface area contributed by atoms with E-state index in [-0.39, 0.29) is 5.41 Å². The first-order chi connectivity index (χ1) is 25.0. The van der Waals surface area contributed by atoms with Crippen LogP contribution >= 0.6 is 0 Å². The van der Waals surface area contributed by atoms with Crippen molar-refractivity contribution in [3.63, 3.8) is 0 Å². The zero-order valence-electron chi connectivity index (χ0n) is 31.5. The van der Waals surface area contributed by atoms with E-state index in [1.54, 1.807) is 12.3 Å². The van der Waals surface area contributed by atoms with Gasteiger partial charge in [-0.1, -0.05) is 119 Å². The van der Waals surface area contributed by atoms with Crippen LogP contribution in [0.5, 0.6) is 0 Å². The third-order valence-electron chi connectivity index (χ3n) is 9.85. The van der Waals surface area contributed by atoms with Crippen molar-refractivity contribution >= 4 is 24.1 Å². The molecule has 1 aliphatic carbocycles. The normalized spacial score (nSPS) is 17.2. The van der Waals surface area contributed by atoms with E-state index in [9.17, 15) is 0 Å². The van der Waals surface area contributed by atoms with Gasteiger partial charge in [0.2, 0.25) is 0 Å². The van der Waals surface area contributed by atoms with Crippen molar-refractivity contribution in [3.8, 4) is 5.82 Å². The van der Waals surface area contributed by atoms with Crippen LogP contribution in [0.4, 0.5) is 5.69 Å². The van der Waals surface area contributed by atoms with Gasteiger partial charge in [-0.25, -0.2) is 4.98 Å². The highest BCUT2D eigenvalue weighted by molar-refractivity contribution is 5.71. The maximum atomic E-state index is 5.84. The van der Waals surface area contributed by atoms with Gasteiger partial charge in [0.1, 0.15) is 5.82 Å². The molecule has 51 heavy (non-hydrogen) atoms. The van der Waals surface area contributed by atoms with Crippen LogP contribution in [-0.4, -0.2) is 15.8 Å². The van der Waals surface area contributed by atoms with Gasteiger partial charge in [-0.05, 0) is 92.4 Å². The Morgan fingerprint density at radius 1 is 0.941 bits per heavy atom.